The van der Waals surface area contributed by atoms with Gasteiger partial charge in [-0.15, -0.1) is 0 Å². The van der Waals surface area contributed by atoms with E-state index in [-0.39, 0.29) is 7.43 Å². The van der Waals surface area contributed by atoms with Crippen molar-refractivity contribution < 1.29 is 0 Å². The Bertz CT molecular complexity index is 6870. The van der Waals surface area contributed by atoms with Crippen LogP contribution in [0.1, 0.15) is 0 Å². The fourth-order valence-corrected chi connectivity index (χ4v) is 16.0. The number of para-hydroxylation sites is 6. The van der Waals surface area contributed by atoms with Gasteiger partial charge in [-0.25, -0.2) is 19.9 Å². The smallest absolute Gasteiger partial charge is 0.165 e. The van der Waals surface area contributed by atoms with Gasteiger partial charge >= 0.3 is 0 Å². The summed E-state index contributed by atoms with van der Waals surface area (Å²) >= 11 is 6.16. The molecule has 0 unspecified atom stereocenters. The van der Waals surface area contributed by atoms with E-state index in [1.54, 1.807) is 0 Å². The molecule has 98 heavy (non-hydrogen) atoms. The second kappa shape index (κ2) is 22.5. The van der Waals surface area contributed by atoms with Crippen LogP contribution in [0.3, 0.4) is 0 Å². The van der Waals surface area contributed by atoms with Crippen LogP contribution in [0.25, 0.3) is 192 Å². The minimum absolute atomic E-state index is 0. The summed E-state index contributed by atoms with van der Waals surface area (Å²) < 4.78 is 7.21. The summed E-state index contributed by atoms with van der Waals surface area (Å²) in [4.78, 5) is 23.3. The first kappa shape index (κ1) is 56.8. The zero-order valence-corrected chi connectivity index (χ0v) is 53.8. The van der Waals surface area contributed by atoms with Crippen LogP contribution in [0.5, 0.6) is 0 Å². The van der Waals surface area contributed by atoms with E-state index in [1.807, 2.05) is 78.9 Å². The van der Waals surface area contributed by atoms with Crippen molar-refractivity contribution in [3.05, 3.63) is 328 Å². The number of aromatic nitrogens is 8. The Hall–Kier alpha value is -12.8. The normalized spacial score (nSPS) is 11.8. The zero-order valence-electron chi connectivity index (χ0n) is 53.0. The van der Waals surface area contributed by atoms with Gasteiger partial charge in [-0.2, -0.15) is 0 Å². The summed E-state index contributed by atoms with van der Waals surface area (Å²) in [6, 6.07) is 111. The molecular formula is C89H56ClN8-. The highest BCUT2D eigenvalue weighted by Crippen LogP contribution is 2.50. The maximum atomic E-state index is 6.16. The molecule has 0 radical (unpaired) electrons. The van der Waals surface area contributed by atoms with Crippen LogP contribution in [0.4, 0.5) is 0 Å². The molecule has 8 nitrogen and oxygen atoms in total. The molecule has 0 bridgehead atoms. The van der Waals surface area contributed by atoms with E-state index in [0.717, 1.165) is 67.1 Å². The number of fused-ring (bicyclic) bond motifs is 8. The highest BCUT2D eigenvalue weighted by atomic mass is 35.5. The zero-order chi connectivity index (χ0) is 63.8. The third kappa shape index (κ3) is 8.51. The summed E-state index contributed by atoms with van der Waals surface area (Å²) in [6.45, 7) is 0. The predicted octanol–water partition coefficient (Wildman–Crippen LogP) is 23.8. The third-order valence-electron chi connectivity index (χ3n) is 19.7. The lowest BCUT2D eigenvalue weighted by Crippen LogP contribution is -2.03. The second-order valence-corrected chi connectivity index (χ2v) is 25.3. The van der Waals surface area contributed by atoms with Crippen LogP contribution in [-0.4, -0.2) is 38.6 Å². The summed E-state index contributed by atoms with van der Waals surface area (Å²) in [7, 11) is 0. The molecular weight excluding hydrogens is 1220 g/mol. The molecule has 0 atom stereocenters. The molecule has 1 N–H and O–H groups in total. The molecule has 0 amide bonds. The monoisotopic (exact) mass is 1270 g/mol. The number of nitrogens with one attached hydrogen (secondary N) is 1. The molecule has 22 rings (SSSR count). The lowest BCUT2D eigenvalue weighted by molar-refractivity contribution is 1.08. The molecule has 0 spiro atoms. The third-order valence-corrected chi connectivity index (χ3v) is 19.9. The Labute approximate surface area is 566 Å². The summed E-state index contributed by atoms with van der Waals surface area (Å²) in [5.41, 5.74) is 18.9. The van der Waals surface area contributed by atoms with Crippen molar-refractivity contribution in [2.24, 2.45) is 0 Å². The molecule has 6 aromatic heterocycles. The van der Waals surface area contributed by atoms with E-state index < -0.39 is 0 Å². The van der Waals surface area contributed by atoms with Crippen LogP contribution in [0.15, 0.2) is 315 Å². The average molecular weight is 1270 g/mol. The van der Waals surface area contributed by atoms with Gasteiger partial charge in [0, 0.05) is 76.6 Å². The number of aromatic amines is 1. The van der Waals surface area contributed by atoms with Crippen molar-refractivity contribution in [3.8, 4) is 39.7 Å². The summed E-state index contributed by atoms with van der Waals surface area (Å²) in [6.07, 6.45) is 0. The highest BCUT2D eigenvalue weighted by molar-refractivity contribution is 6.41. The number of benzene rings is 14. The van der Waals surface area contributed by atoms with Crippen molar-refractivity contribution in [1.82, 2.24) is 38.6 Å². The number of halogens is 1. The molecule has 0 aliphatic rings. The Kier molecular flexibility index (Phi) is 13.0. The van der Waals surface area contributed by atoms with Gasteiger partial charge in [0.05, 0.1) is 55.2 Å². The maximum Gasteiger partial charge on any atom is 0.165 e. The van der Waals surface area contributed by atoms with E-state index >= 15 is 0 Å². The van der Waals surface area contributed by atoms with Gasteiger partial charge in [-0.05, 0) is 140 Å². The molecule has 0 fully saturated rings. The van der Waals surface area contributed by atoms with Crippen molar-refractivity contribution in [3.63, 3.8) is 0 Å². The largest absolute Gasteiger partial charge is 0.358 e. The quantitative estimate of drug-likeness (QED) is 0.174. The average Bonchev–Trinajstić information content (AvgIpc) is 1.53. The van der Waals surface area contributed by atoms with Crippen molar-refractivity contribution >= 4 is 164 Å². The topological polar surface area (TPSA) is 82.1 Å². The van der Waals surface area contributed by atoms with Crippen LogP contribution in [0, 0.1) is 7.43 Å². The second-order valence-electron chi connectivity index (χ2n) is 24.9. The number of hydrogen-bond acceptors (Lipinski definition) is 4. The van der Waals surface area contributed by atoms with Gasteiger partial charge < -0.3 is 21.5 Å². The Balaban J connectivity index is 0.000000115. The minimum Gasteiger partial charge on any atom is -0.358 e. The number of hydrogen-bond donors (Lipinski definition) is 1. The lowest BCUT2D eigenvalue weighted by atomic mass is 9.95. The lowest BCUT2D eigenvalue weighted by Gasteiger charge is -2.14. The SMILES string of the molecule is Clc1nc2ccccc2nc1-c1ccccc1.[CH3-].c1ccc(-c2nc3ccccc3nc2-n2c3cccc4c5ccccc5c5cccc6c5c5c(c43)c2ccc5n6-c2ccccc2)cc1.c1ccc(-n2c3cccc4c5ccccc5c5cccc6[nH]c7ccc2c(c7c65)c43)cc1. The van der Waals surface area contributed by atoms with Crippen molar-refractivity contribution in [2.75, 3.05) is 0 Å². The first-order chi connectivity index (χ1) is 48.1. The van der Waals surface area contributed by atoms with Gasteiger partial charge in [0.2, 0.25) is 0 Å². The molecule has 22 aromatic rings. The Morgan fingerprint density at radius 1 is 0.235 bits per heavy atom. The molecule has 0 aliphatic heterocycles. The molecule has 16 aromatic carbocycles. The van der Waals surface area contributed by atoms with Gasteiger partial charge in [0.15, 0.2) is 11.0 Å². The standard InChI is InChI=1S/C44H26N4.C30H18N2.C14H9ClN2.CH3/c1-3-13-27(14-4-1)43-44(46-34-22-10-9-21-33(34)45-43)48-36-24-12-20-32-30-18-8-7-17-29(30)31-19-11-23-35-39(31)41-37(25-26-38(48)42(41)40(32)36)47(35)28-15-5-2-6-16-28;1-2-8-18(9-3-1)32-25-15-7-13-22-20-11-5-4-10-19(20)21-12-6-14-23-27(21)29-24(31-23)16-17-26(32)30(29)28(22)25;15-14-13(10-6-2-1-3-7-10)16-11-8-4-5-9-12(11)17-14;/h1-26H;1-17,31H;1-9H;1H3/q;;;-1. The van der Waals surface area contributed by atoms with Gasteiger partial charge in [0.1, 0.15) is 11.4 Å². The first-order valence-electron chi connectivity index (χ1n) is 32.7. The number of H-pyrrole nitrogens is 1. The number of rotatable bonds is 5. The van der Waals surface area contributed by atoms with E-state index in [2.05, 4.69) is 265 Å². The van der Waals surface area contributed by atoms with E-state index in [9.17, 15) is 0 Å². The van der Waals surface area contributed by atoms with Crippen molar-refractivity contribution in [1.29, 1.82) is 0 Å². The van der Waals surface area contributed by atoms with Crippen LogP contribution < -0.4 is 0 Å². The molecule has 0 aliphatic carbocycles. The van der Waals surface area contributed by atoms with E-state index in [1.165, 1.54) is 125 Å². The first-order valence-corrected chi connectivity index (χ1v) is 33.1. The Morgan fingerprint density at radius 2 is 0.561 bits per heavy atom. The fourth-order valence-electron chi connectivity index (χ4n) is 15.7. The molecule has 0 saturated carbocycles. The van der Waals surface area contributed by atoms with E-state index in [0.29, 0.717) is 5.15 Å². The molecule has 0 saturated heterocycles. The maximum absolute atomic E-state index is 6.16. The van der Waals surface area contributed by atoms with Gasteiger partial charge in [-0.3, -0.25) is 4.57 Å². The van der Waals surface area contributed by atoms with Crippen LogP contribution in [-0.2, 0) is 0 Å². The van der Waals surface area contributed by atoms with Gasteiger partial charge in [0.25, 0.3) is 0 Å². The minimum atomic E-state index is 0. The Morgan fingerprint density at radius 3 is 1.05 bits per heavy atom. The fraction of sp³-hybridized carbons (Fsp3) is 0. The van der Waals surface area contributed by atoms with Crippen LogP contribution in [0.2, 0.25) is 5.15 Å². The van der Waals surface area contributed by atoms with E-state index in [4.69, 9.17) is 21.6 Å². The summed E-state index contributed by atoms with van der Waals surface area (Å²) in [5.74, 6) is 0.830. The van der Waals surface area contributed by atoms with Crippen LogP contribution >= 0.6 is 11.6 Å². The summed E-state index contributed by atoms with van der Waals surface area (Å²) in [5, 5.41) is 20.9. The molecule has 6 heterocycles. The molecule has 9 heteroatoms. The molecule has 460 valence electrons. The van der Waals surface area contributed by atoms with Gasteiger partial charge in [-0.1, -0.05) is 230 Å². The highest BCUT2D eigenvalue weighted by Gasteiger charge is 2.27. The number of nitrogens with zero attached hydrogens (tertiary/aromatic N) is 7. The predicted molar refractivity (Wildman–Crippen MR) is 413 cm³/mol. The van der Waals surface area contributed by atoms with Crippen molar-refractivity contribution in [2.45, 2.75) is 0 Å².